The zero-order valence-corrected chi connectivity index (χ0v) is 11.8. The predicted molar refractivity (Wildman–Crippen MR) is 75.5 cm³/mol. The Kier molecular flexibility index (Phi) is 4.72. The first kappa shape index (κ1) is 13.5. The third-order valence-corrected chi connectivity index (χ3v) is 4.09. The van der Waals surface area contributed by atoms with Gasteiger partial charge >= 0.3 is 0 Å². The molecule has 1 saturated heterocycles. The molecule has 0 amide bonds. The van der Waals surface area contributed by atoms with E-state index in [9.17, 15) is 0 Å². The quantitative estimate of drug-likeness (QED) is 0.886. The molecule has 2 heterocycles. The first-order valence-electron chi connectivity index (χ1n) is 7.01. The van der Waals surface area contributed by atoms with Crippen LogP contribution in [0.5, 0.6) is 0 Å². The van der Waals surface area contributed by atoms with E-state index in [4.69, 9.17) is 0 Å². The minimum atomic E-state index is 0.398. The van der Waals surface area contributed by atoms with Gasteiger partial charge in [-0.05, 0) is 63.9 Å². The lowest BCUT2D eigenvalue weighted by atomic mass is 9.91. The molecular weight excluding hydrogens is 222 g/mol. The van der Waals surface area contributed by atoms with Crippen LogP contribution in [0.3, 0.4) is 0 Å². The van der Waals surface area contributed by atoms with E-state index < -0.39 is 0 Å². The van der Waals surface area contributed by atoms with Crippen molar-refractivity contribution >= 4 is 0 Å². The molecule has 3 nitrogen and oxygen atoms in total. The maximum atomic E-state index is 4.07. The van der Waals surface area contributed by atoms with E-state index in [0.29, 0.717) is 12.1 Å². The molecule has 3 heteroatoms. The second kappa shape index (κ2) is 6.30. The number of hydrogen-bond donors (Lipinski definition) is 1. The first-order valence-corrected chi connectivity index (χ1v) is 7.01. The van der Waals surface area contributed by atoms with E-state index in [-0.39, 0.29) is 0 Å². The molecule has 0 aromatic carbocycles. The van der Waals surface area contributed by atoms with Crippen molar-refractivity contribution in [2.75, 3.05) is 20.1 Å². The summed E-state index contributed by atoms with van der Waals surface area (Å²) >= 11 is 0. The van der Waals surface area contributed by atoms with Crippen molar-refractivity contribution in [2.24, 2.45) is 5.92 Å². The molecule has 1 aliphatic heterocycles. The summed E-state index contributed by atoms with van der Waals surface area (Å²) in [6.45, 7) is 7.03. The van der Waals surface area contributed by atoms with E-state index >= 15 is 0 Å². The normalized spacial score (nSPS) is 24.7. The van der Waals surface area contributed by atoms with Gasteiger partial charge in [0.2, 0.25) is 0 Å². The highest BCUT2D eigenvalue weighted by Crippen LogP contribution is 2.21. The number of nitrogens with zero attached hydrogens (tertiary/aromatic N) is 2. The Hall–Kier alpha value is -0.930. The van der Waals surface area contributed by atoms with Crippen molar-refractivity contribution < 1.29 is 0 Å². The molecule has 18 heavy (non-hydrogen) atoms. The molecule has 1 aromatic rings. The second-order valence-corrected chi connectivity index (χ2v) is 5.62. The number of hydrogen-bond acceptors (Lipinski definition) is 3. The van der Waals surface area contributed by atoms with Crippen molar-refractivity contribution in [1.82, 2.24) is 15.2 Å². The SMILES string of the molecule is CC(NC(C)C1CCCN(C)C1)c1ccncc1. The van der Waals surface area contributed by atoms with Crippen LogP contribution in [0.4, 0.5) is 0 Å². The Morgan fingerprint density at radius 3 is 2.72 bits per heavy atom. The number of pyridine rings is 1. The van der Waals surface area contributed by atoms with Gasteiger partial charge in [-0.3, -0.25) is 4.98 Å². The van der Waals surface area contributed by atoms with Crippen molar-refractivity contribution in [3.05, 3.63) is 30.1 Å². The van der Waals surface area contributed by atoms with Crippen molar-refractivity contribution in [1.29, 1.82) is 0 Å². The average molecular weight is 247 g/mol. The average Bonchev–Trinajstić information content (AvgIpc) is 2.39. The fourth-order valence-electron chi connectivity index (χ4n) is 2.89. The van der Waals surface area contributed by atoms with Crippen LogP contribution in [-0.2, 0) is 0 Å². The summed E-state index contributed by atoms with van der Waals surface area (Å²) in [7, 11) is 2.23. The van der Waals surface area contributed by atoms with Gasteiger partial charge in [0.05, 0.1) is 0 Å². The van der Waals surface area contributed by atoms with Crippen LogP contribution in [0.2, 0.25) is 0 Å². The molecule has 3 unspecified atom stereocenters. The van der Waals surface area contributed by atoms with E-state index in [1.807, 2.05) is 12.4 Å². The highest BCUT2D eigenvalue weighted by molar-refractivity contribution is 5.14. The minimum absolute atomic E-state index is 0.398. The lowest BCUT2D eigenvalue weighted by Gasteiger charge is -2.35. The molecule has 2 rings (SSSR count). The van der Waals surface area contributed by atoms with Crippen LogP contribution in [0.25, 0.3) is 0 Å². The lowest BCUT2D eigenvalue weighted by molar-refractivity contribution is 0.174. The fourth-order valence-corrected chi connectivity index (χ4v) is 2.89. The minimum Gasteiger partial charge on any atom is -0.307 e. The first-order chi connectivity index (χ1) is 8.66. The molecule has 1 aromatic heterocycles. The second-order valence-electron chi connectivity index (χ2n) is 5.62. The highest BCUT2D eigenvalue weighted by atomic mass is 15.1. The third-order valence-electron chi connectivity index (χ3n) is 4.09. The number of nitrogens with one attached hydrogen (secondary N) is 1. The van der Waals surface area contributed by atoms with Gasteiger partial charge in [-0.1, -0.05) is 0 Å². The van der Waals surface area contributed by atoms with Crippen LogP contribution >= 0.6 is 0 Å². The summed E-state index contributed by atoms with van der Waals surface area (Å²) in [5, 5.41) is 3.73. The maximum Gasteiger partial charge on any atom is 0.0295 e. The summed E-state index contributed by atoms with van der Waals surface area (Å²) in [6, 6.07) is 5.15. The van der Waals surface area contributed by atoms with Crippen LogP contribution in [0.15, 0.2) is 24.5 Å². The van der Waals surface area contributed by atoms with E-state index in [2.05, 4.69) is 48.2 Å². The Morgan fingerprint density at radius 2 is 2.06 bits per heavy atom. The van der Waals surface area contributed by atoms with Gasteiger partial charge in [-0.25, -0.2) is 0 Å². The molecule has 0 radical (unpaired) electrons. The van der Waals surface area contributed by atoms with E-state index in [0.717, 1.165) is 5.92 Å². The predicted octanol–water partition coefficient (Wildman–Crippen LogP) is 2.46. The molecule has 3 atom stereocenters. The molecule has 1 fully saturated rings. The van der Waals surface area contributed by atoms with Crippen molar-refractivity contribution in [2.45, 2.75) is 38.8 Å². The highest BCUT2D eigenvalue weighted by Gasteiger charge is 2.23. The van der Waals surface area contributed by atoms with Crippen LogP contribution < -0.4 is 5.32 Å². The molecular formula is C15H25N3. The Balaban J connectivity index is 1.88. The standard InChI is InChI=1S/C15H25N3/c1-12(14-6-8-16-9-7-14)17-13(2)15-5-4-10-18(3)11-15/h6-9,12-13,15,17H,4-5,10-11H2,1-3H3. The van der Waals surface area contributed by atoms with Crippen LogP contribution in [0.1, 0.15) is 38.3 Å². The van der Waals surface area contributed by atoms with Crippen LogP contribution in [-0.4, -0.2) is 36.1 Å². The summed E-state index contributed by atoms with van der Waals surface area (Å²) < 4.78 is 0. The number of aromatic nitrogens is 1. The van der Waals surface area contributed by atoms with Gasteiger partial charge < -0.3 is 10.2 Å². The van der Waals surface area contributed by atoms with Gasteiger partial charge in [-0.15, -0.1) is 0 Å². The van der Waals surface area contributed by atoms with Crippen molar-refractivity contribution in [3.8, 4) is 0 Å². The van der Waals surface area contributed by atoms with E-state index in [1.165, 1.54) is 31.5 Å². The zero-order chi connectivity index (χ0) is 13.0. The molecule has 0 bridgehead atoms. The van der Waals surface area contributed by atoms with Gasteiger partial charge in [0, 0.05) is 31.0 Å². The van der Waals surface area contributed by atoms with Crippen LogP contribution in [0, 0.1) is 5.92 Å². The summed E-state index contributed by atoms with van der Waals surface area (Å²) in [5.41, 5.74) is 1.32. The van der Waals surface area contributed by atoms with Gasteiger partial charge in [0.1, 0.15) is 0 Å². The number of piperidine rings is 1. The third kappa shape index (κ3) is 3.53. The monoisotopic (exact) mass is 247 g/mol. The topological polar surface area (TPSA) is 28.2 Å². The maximum absolute atomic E-state index is 4.07. The summed E-state index contributed by atoms with van der Waals surface area (Å²) in [4.78, 5) is 6.52. The smallest absolute Gasteiger partial charge is 0.0295 e. The molecule has 1 aliphatic rings. The number of likely N-dealkylation sites (tertiary alicyclic amines) is 1. The Morgan fingerprint density at radius 1 is 1.33 bits per heavy atom. The van der Waals surface area contributed by atoms with Crippen molar-refractivity contribution in [3.63, 3.8) is 0 Å². The van der Waals surface area contributed by atoms with Gasteiger partial charge in [0.25, 0.3) is 0 Å². The summed E-state index contributed by atoms with van der Waals surface area (Å²) in [5.74, 6) is 0.771. The number of rotatable bonds is 4. The molecule has 0 saturated carbocycles. The molecule has 0 aliphatic carbocycles. The largest absolute Gasteiger partial charge is 0.307 e. The van der Waals surface area contributed by atoms with Gasteiger partial charge in [0.15, 0.2) is 0 Å². The molecule has 100 valence electrons. The Bertz CT molecular complexity index is 352. The van der Waals surface area contributed by atoms with Gasteiger partial charge in [-0.2, -0.15) is 0 Å². The summed E-state index contributed by atoms with van der Waals surface area (Å²) in [6.07, 6.45) is 6.41. The fraction of sp³-hybridized carbons (Fsp3) is 0.667. The van der Waals surface area contributed by atoms with E-state index in [1.54, 1.807) is 0 Å². The Labute approximate surface area is 111 Å². The molecule has 1 N–H and O–H groups in total. The molecule has 0 spiro atoms. The lowest BCUT2D eigenvalue weighted by Crippen LogP contribution is -2.43. The zero-order valence-electron chi connectivity index (χ0n) is 11.8.